The summed E-state index contributed by atoms with van der Waals surface area (Å²) in [5.74, 6) is 1.79. The van der Waals surface area contributed by atoms with Crippen LogP contribution < -0.4 is 11.5 Å². The molecule has 6 rings (SSSR count). The Labute approximate surface area is 240 Å². The van der Waals surface area contributed by atoms with Crippen molar-refractivity contribution in [2.24, 2.45) is 17.4 Å². The Bertz CT molecular complexity index is 1720. The number of nitrogens with one attached hydrogen (secondary N) is 1. The third-order valence-electron chi connectivity index (χ3n) is 7.99. The Balaban J connectivity index is 1.24. The van der Waals surface area contributed by atoms with Crippen LogP contribution in [0.4, 0.5) is 0 Å². The Morgan fingerprint density at radius 3 is 2.37 bits per heavy atom. The van der Waals surface area contributed by atoms with Crippen LogP contribution in [0, 0.1) is 11.3 Å². The maximum absolute atomic E-state index is 13.7. The average molecular weight is 545 g/mol. The van der Waals surface area contributed by atoms with Crippen molar-refractivity contribution in [3.63, 3.8) is 0 Å². The van der Waals surface area contributed by atoms with Crippen LogP contribution in [0.3, 0.4) is 0 Å². The molecule has 1 heterocycles. The highest BCUT2D eigenvalue weighted by Gasteiger charge is 2.25. The summed E-state index contributed by atoms with van der Waals surface area (Å²) >= 11 is 0. The second kappa shape index (κ2) is 11.6. The molecule has 7 nitrogen and oxygen atoms in total. The van der Waals surface area contributed by atoms with E-state index in [0.717, 1.165) is 52.8 Å². The van der Waals surface area contributed by atoms with Crippen molar-refractivity contribution in [3.05, 3.63) is 113 Å². The Hall–Kier alpha value is -4.49. The van der Waals surface area contributed by atoms with Crippen molar-refractivity contribution in [2.45, 2.75) is 38.8 Å². The van der Waals surface area contributed by atoms with E-state index in [1.165, 1.54) is 23.8 Å². The molecule has 1 aliphatic carbocycles. The quantitative estimate of drug-likeness (QED) is 0.155. The highest BCUT2D eigenvalue weighted by Crippen LogP contribution is 2.33. The third-order valence-corrected chi connectivity index (χ3v) is 7.99. The van der Waals surface area contributed by atoms with Crippen LogP contribution in [0.1, 0.15) is 45.7 Å². The molecule has 5 aromatic rings. The topological polar surface area (TPSA) is 114 Å². The highest BCUT2D eigenvalue weighted by molar-refractivity contribution is 5.97. The van der Waals surface area contributed by atoms with E-state index in [9.17, 15) is 4.79 Å². The van der Waals surface area contributed by atoms with Gasteiger partial charge in [-0.05, 0) is 71.3 Å². The van der Waals surface area contributed by atoms with Crippen LogP contribution in [0.15, 0.2) is 84.9 Å². The molecule has 0 aliphatic heterocycles. The average Bonchev–Trinajstić information content (AvgIpc) is 3.75. The fraction of sp³-hybridized carbons (Fsp3) is 0.265. The van der Waals surface area contributed by atoms with Gasteiger partial charge in [-0.25, -0.2) is 4.98 Å². The fourth-order valence-electron chi connectivity index (χ4n) is 5.52. The number of imidazole rings is 1. The largest absolute Gasteiger partial charge is 0.384 e. The standard InChI is InChI=1S/C34H36N6O/c35-17-18-39(21-25-9-11-26-3-1-2-4-28(26)19-25)34(41)29-14-15-31-30(20-29)38-32(40(31)22-24-5-6-24)16-10-23-7-12-27(13-8-23)33(36)37/h1-4,7-9,11-15,19-20,24H,5-6,10,16-18,21-22,35H2,(H3,36,37). The number of hydrogen-bond acceptors (Lipinski definition) is 4. The molecule has 4 aromatic carbocycles. The summed E-state index contributed by atoms with van der Waals surface area (Å²) in [5, 5.41) is 9.96. The lowest BCUT2D eigenvalue weighted by Crippen LogP contribution is -2.34. The molecule has 0 spiro atoms. The van der Waals surface area contributed by atoms with E-state index in [4.69, 9.17) is 21.9 Å². The van der Waals surface area contributed by atoms with E-state index in [2.05, 4.69) is 41.0 Å². The number of carbonyl (C=O) groups excluding carboxylic acids is 1. The summed E-state index contributed by atoms with van der Waals surface area (Å²) in [5.41, 5.74) is 17.1. The number of nitrogen functional groups attached to an aromatic ring is 1. The molecular weight excluding hydrogens is 508 g/mol. The number of aromatic nitrogens is 2. The Morgan fingerprint density at radius 2 is 1.63 bits per heavy atom. The van der Waals surface area contributed by atoms with Crippen molar-refractivity contribution >= 4 is 33.5 Å². The molecule has 5 N–H and O–H groups in total. The van der Waals surface area contributed by atoms with Gasteiger partial charge < -0.3 is 20.9 Å². The first-order chi connectivity index (χ1) is 20.0. The number of carbonyl (C=O) groups is 1. The number of aryl methyl sites for hydroxylation is 2. The van der Waals surface area contributed by atoms with E-state index in [0.29, 0.717) is 31.1 Å². The molecular formula is C34H36N6O. The molecule has 0 radical (unpaired) electrons. The number of benzene rings is 4. The van der Waals surface area contributed by atoms with Gasteiger partial charge in [0, 0.05) is 43.7 Å². The maximum Gasteiger partial charge on any atom is 0.254 e. The molecule has 0 saturated heterocycles. The predicted molar refractivity (Wildman–Crippen MR) is 165 cm³/mol. The predicted octanol–water partition coefficient (Wildman–Crippen LogP) is 5.27. The van der Waals surface area contributed by atoms with E-state index in [1.54, 1.807) is 0 Å². The lowest BCUT2D eigenvalue weighted by atomic mass is 10.1. The molecule has 0 unspecified atom stereocenters. The Morgan fingerprint density at radius 1 is 0.902 bits per heavy atom. The number of nitrogens with zero attached hydrogens (tertiary/aromatic N) is 3. The second-order valence-electron chi connectivity index (χ2n) is 11.1. The molecule has 208 valence electrons. The first kappa shape index (κ1) is 26.7. The first-order valence-electron chi connectivity index (χ1n) is 14.4. The van der Waals surface area contributed by atoms with Crippen LogP contribution in [0.5, 0.6) is 0 Å². The molecule has 41 heavy (non-hydrogen) atoms. The van der Waals surface area contributed by atoms with Crippen molar-refractivity contribution in [1.82, 2.24) is 14.5 Å². The molecule has 1 amide bonds. The Kier molecular flexibility index (Phi) is 7.53. The van der Waals surface area contributed by atoms with Gasteiger partial charge in [0.15, 0.2) is 0 Å². The number of fused-ring (bicyclic) bond motifs is 2. The van der Waals surface area contributed by atoms with E-state index in [1.807, 2.05) is 53.4 Å². The molecule has 1 saturated carbocycles. The molecule has 0 atom stereocenters. The summed E-state index contributed by atoms with van der Waals surface area (Å²) in [4.78, 5) is 20.6. The van der Waals surface area contributed by atoms with Crippen molar-refractivity contribution < 1.29 is 4.79 Å². The van der Waals surface area contributed by atoms with Gasteiger partial charge in [-0.15, -0.1) is 0 Å². The summed E-state index contributed by atoms with van der Waals surface area (Å²) in [7, 11) is 0. The number of hydrogen-bond donors (Lipinski definition) is 3. The number of amides is 1. The van der Waals surface area contributed by atoms with Gasteiger partial charge in [0.25, 0.3) is 5.91 Å². The van der Waals surface area contributed by atoms with Gasteiger partial charge in [0.05, 0.1) is 11.0 Å². The number of rotatable bonds is 11. The van der Waals surface area contributed by atoms with Crippen molar-refractivity contribution in [1.29, 1.82) is 5.41 Å². The number of nitrogens with two attached hydrogens (primary N) is 2. The molecule has 1 aromatic heterocycles. The summed E-state index contributed by atoms with van der Waals surface area (Å²) in [6.07, 6.45) is 4.15. The zero-order valence-electron chi connectivity index (χ0n) is 23.2. The van der Waals surface area contributed by atoms with Crippen LogP contribution in [0.2, 0.25) is 0 Å². The van der Waals surface area contributed by atoms with Gasteiger partial charge in [0.1, 0.15) is 11.7 Å². The summed E-state index contributed by atoms with van der Waals surface area (Å²) in [6.45, 7) is 2.34. The van der Waals surface area contributed by atoms with Gasteiger partial charge in [0.2, 0.25) is 0 Å². The lowest BCUT2D eigenvalue weighted by molar-refractivity contribution is 0.0748. The zero-order valence-corrected chi connectivity index (χ0v) is 23.2. The monoisotopic (exact) mass is 544 g/mol. The molecule has 1 fully saturated rings. The van der Waals surface area contributed by atoms with Crippen LogP contribution >= 0.6 is 0 Å². The normalized spacial score (nSPS) is 13.1. The van der Waals surface area contributed by atoms with E-state index in [-0.39, 0.29) is 11.7 Å². The van der Waals surface area contributed by atoms with Crippen molar-refractivity contribution in [3.8, 4) is 0 Å². The molecule has 7 heteroatoms. The molecule has 1 aliphatic rings. The smallest absolute Gasteiger partial charge is 0.254 e. The van der Waals surface area contributed by atoms with E-state index < -0.39 is 0 Å². The van der Waals surface area contributed by atoms with E-state index >= 15 is 0 Å². The van der Waals surface area contributed by atoms with Gasteiger partial charge >= 0.3 is 0 Å². The van der Waals surface area contributed by atoms with Crippen molar-refractivity contribution in [2.75, 3.05) is 13.1 Å². The van der Waals surface area contributed by atoms with Crippen LogP contribution in [0.25, 0.3) is 21.8 Å². The SMILES string of the molecule is N=C(N)c1ccc(CCc2nc3cc(C(=O)N(CCN)Cc4ccc5ccccc5c4)ccc3n2CC2CC2)cc1. The van der Waals surface area contributed by atoms with Crippen LogP contribution in [-0.2, 0) is 25.9 Å². The maximum atomic E-state index is 13.7. The second-order valence-corrected chi connectivity index (χ2v) is 11.1. The van der Waals surface area contributed by atoms with Gasteiger partial charge in [-0.3, -0.25) is 10.2 Å². The third kappa shape index (κ3) is 6.00. The minimum absolute atomic E-state index is 0.0330. The van der Waals surface area contributed by atoms with Gasteiger partial charge in [-0.1, -0.05) is 60.7 Å². The number of amidine groups is 1. The summed E-state index contributed by atoms with van der Waals surface area (Å²) < 4.78 is 2.35. The lowest BCUT2D eigenvalue weighted by Gasteiger charge is -2.22. The minimum atomic E-state index is -0.0330. The zero-order chi connectivity index (χ0) is 28.3. The fourth-order valence-corrected chi connectivity index (χ4v) is 5.52. The highest BCUT2D eigenvalue weighted by atomic mass is 16.2. The minimum Gasteiger partial charge on any atom is -0.384 e. The molecule has 0 bridgehead atoms. The first-order valence-corrected chi connectivity index (χ1v) is 14.4. The van der Waals surface area contributed by atoms with Crippen LogP contribution in [-0.4, -0.2) is 39.3 Å². The van der Waals surface area contributed by atoms with Gasteiger partial charge in [-0.2, -0.15) is 0 Å². The summed E-state index contributed by atoms with van der Waals surface area (Å²) in [6, 6.07) is 28.4.